The number of non-ortho nitro benzene ring substituents is 1. The minimum atomic E-state index is -0.422. The van der Waals surface area contributed by atoms with Crippen LogP contribution in [0.1, 0.15) is 0 Å². The van der Waals surface area contributed by atoms with Crippen LogP contribution in [0, 0.1) is 10.1 Å². The summed E-state index contributed by atoms with van der Waals surface area (Å²) in [6.07, 6.45) is 0. The molecule has 0 unspecified atom stereocenters. The average molecular weight is 435 g/mol. The zero-order valence-corrected chi connectivity index (χ0v) is 17.5. The first kappa shape index (κ1) is 20.4. The summed E-state index contributed by atoms with van der Waals surface area (Å²) in [4.78, 5) is 16.7. The lowest BCUT2D eigenvalue weighted by atomic mass is 10.1. The predicted octanol–water partition coefficient (Wildman–Crippen LogP) is 5.48. The first-order valence-corrected chi connectivity index (χ1v) is 9.99. The van der Waals surface area contributed by atoms with E-state index < -0.39 is 4.92 Å². The molecule has 0 bridgehead atoms. The molecule has 9 heteroatoms. The van der Waals surface area contributed by atoms with Crippen LogP contribution in [0.4, 0.5) is 5.69 Å². The fourth-order valence-electron chi connectivity index (χ4n) is 3.00. The van der Waals surface area contributed by atoms with Crippen LogP contribution < -0.4 is 9.47 Å². The van der Waals surface area contributed by atoms with E-state index >= 15 is 0 Å². The lowest BCUT2D eigenvalue weighted by molar-refractivity contribution is -0.384. The highest BCUT2D eigenvalue weighted by molar-refractivity contribution is 7.99. The molecule has 31 heavy (non-hydrogen) atoms. The van der Waals surface area contributed by atoms with Crippen molar-refractivity contribution in [1.29, 1.82) is 0 Å². The number of rotatable bonds is 7. The summed E-state index contributed by atoms with van der Waals surface area (Å²) < 4.78 is 16.4. The van der Waals surface area contributed by atoms with Crippen molar-refractivity contribution in [3.05, 3.63) is 76.8 Å². The maximum Gasteiger partial charge on any atom is 0.269 e. The summed E-state index contributed by atoms with van der Waals surface area (Å²) in [5.41, 5.74) is 1.39. The van der Waals surface area contributed by atoms with Gasteiger partial charge in [0, 0.05) is 21.9 Å². The van der Waals surface area contributed by atoms with E-state index in [0.717, 1.165) is 15.4 Å². The van der Waals surface area contributed by atoms with Gasteiger partial charge in [0.2, 0.25) is 5.82 Å². The Kier molecular flexibility index (Phi) is 5.85. The Balaban J connectivity index is 1.69. The molecule has 4 aromatic rings. The van der Waals surface area contributed by atoms with Crippen molar-refractivity contribution in [2.75, 3.05) is 14.2 Å². The molecule has 4 rings (SSSR count). The first-order chi connectivity index (χ1) is 15.1. The van der Waals surface area contributed by atoms with Crippen LogP contribution >= 0.6 is 11.8 Å². The van der Waals surface area contributed by atoms with Gasteiger partial charge in [-0.05, 0) is 36.4 Å². The van der Waals surface area contributed by atoms with Gasteiger partial charge in [-0.25, -0.2) is 0 Å². The van der Waals surface area contributed by atoms with E-state index in [1.165, 1.54) is 23.9 Å². The Bertz CT molecular complexity index is 1200. The summed E-state index contributed by atoms with van der Waals surface area (Å²) in [6.45, 7) is 0. The van der Waals surface area contributed by atoms with Crippen LogP contribution in [0.2, 0.25) is 0 Å². The number of aromatic nitrogens is 2. The number of nitro benzene ring substituents is 1. The van der Waals surface area contributed by atoms with E-state index in [-0.39, 0.29) is 5.69 Å². The third-order valence-electron chi connectivity index (χ3n) is 4.47. The van der Waals surface area contributed by atoms with Crippen molar-refractivity contribution < 1.29 is 18.9 Å². The van der Waals surface area contributed by atoms with Crippen LogP contribution in [0.25, 0.3) is 22.8 Å². The van der Waals surface area contributed by atoms with E-state index in [1.54, 1.807) is 38.5 Å². The molecule has 0 fully saturated rings. The van der Waals surface area contributed by atoms with Crippen LogP contribution in [0.15, 0.2) is 81.0 Å². The fraction of sp³-hybridized carbons (Fsp3) is 0.0909. The van der Waals surface area contributed by atoms with E-state index in [9.17, 15) is 10.1 Å². The largest absolute Gasteiger partial charge is 0.496 e. The van der Waals surface area contributed by atoms with Gasteiger partial charge in [-0.2, -0.15) is 4.98 Å². The molecule has 0 amide bonds. The summed E-state index contributed by atoms with van der Waals surface area (Å²) in [7, 11) is 3.13. The summed E-state index contributed by atoms with van der Waals surface area (Å²) in [6, 6.07) is 19.4. The van der Waals surface area contributed by atoms with E-state index in [0.29, 0.717) is 28.8 Å². The Labute approximate surface area is 182 Å². The van der Waals surface area contributed by atoms with Gasteiger partial charge in [-0.3, -0.25) is 10.1 Å². The highest BCUT2D eigenvalue weighted by atomic mass is 32.2. The second kappa shape index (κ2) is 8.88. The predicted molar refractivity (Wildman–Crippen MR) is 115 cm³/mol. The average Bonchev–Trinajstić information content (AvgIpc) is 3.28. The van der Waals surface area contributed by atoms with E-state index in [4.69, 9.17) is 14.0 Å². The van der Waals surface area contributed by atoms with Crippen molar-refractivity contribution in [3.8, 4) is 34.3 Å². The van der Waals surface area contributed by atoms with Gasteiger partial charge in [0.05, 0.1) is 24.7 Å². The van der Waals surface area contributed by atoms with Crippen molar-refractivity contribution in [2.24, 2.45) is 0 Å². The summed E-state index contributed by atoms with van der Waals surface area (Å²) >= 11 is 1.45. The number of ether oxygens (including phenoxy) is 2. The van der Waals surface area contributed by atoms with Gasteiger partial charge in [-0.15, -0.1) is 0 Å². The molecule has 0 saturated carbocycles. The molecule has 0 N–H and O–H groups in total. The normalized spacial score (nSPS) is 10.6. The van der Waals surface area contributed by atoms with Crippen molar-refractivity contribution in [2.45, 2.75) is 9.79 Å². The quantitative estimate of drug-likeness (QED) is 0.278. The molecular weight excluding hydrogens is 418 g/mol. The topological polar surface area (TPSA) is 101 Å². The molecule has 156 valence electrons. The van der Waals surface area contributed by atoms with Crippen LogP contribution in [0.3, 0.4) is 0 Å². The standard InChI is InChI=1S/C22H17N3O5S/c1-28-17-7-5-8-18(29-2)20(17)21-23-22(30-24-21)16-6-3-4-9-19(16)31-15-12-10-14(11-13-15)25(26)27/h3-13H,1-2H3. The second-order valence-electron chi connectivity index (χ2n) is 6.31. The number of methoxy groups -OCH3 is 2. The van der Waals surface area contributed by atoms with E-state index in [2.05, 4.69) is 10.1 Å². The zero-order valence-electron chi connectivity index (χ0n) is 16.6. The summed E-state index contributed by atoms with van der Waals surface area (Å²) in [5.74, 6) is 1.83. The van der Waals surface area contributed by atoms with Gasteiger partial charge >= 0.3 is 0 Å². The SMILES string of the molecule is COc1cccc(OC)c1-c1noc(-c2ccccc2Sc2ccc([N+](=O)[O-])cc2)n1. The molecule has 0 aliphatic heterocycles. The Morgan fingerprint density at radius 1 is 0.935 bits per heavy atom. The smallest absolute Gasteiger partial charge is 0.269 e. The maximum absolute atomic E-state index is 10.9. The second-order valence-corrected chi connectivity index (χ2v) is 7.43. The summed E-state index contributed by atoms with van der Waals surface area (Å²) in [5, 5.41) is 15.0. The highest BCUT2D eigenvalue weighted by Crippen LogP contribution is 2.39. The first-order valence-electron chi connectivity index (χ1n) is 9.17. The van der Waals surface area contributed by atoms with Gasteiger partial charge in [0.15, 0.2) is 0 Å². The fourth-order valence-corrected chi connectivity index (χ4v) is 3.94. The number of nitro groups is 1. The number of nitrogens with zero attached hydrogens (tertiary/aromatic N) is 3. The molecular formula is C22H17N3O5S. The number of hydrogen-bond donors (Lipinski definition) is 0. The third-order valence-corrected chi connectivity index (χ3v) is 5.55. The minimum Gasteiger partial charge on any atom is -0.496 e. The molecule has 0 aliphatic carbocycles. The van der Waals surface area contributed by atoms with Gasteiger partial charge in [-0.1, -0.05) is 35.1 Å². The lowest BCUT2D eigenvalue weighted by Gasteiger charge is -2.09. The number of benzene rings is 3. The maximum atomic E-state index is 10.9. The van der Waals surface area contributed by atoms with Crippen LogP contribution in [0.5, 0.6) is 11.5 Å². The van der Waals surface area contributed by atoms with Crippen molar-refractivity contribution >= 4 is 17.4 Å². The molecule has 0 saturated heterocycles. The van der Waals surface area contributed by atoms with Gasteiger partial charge < -0.3 is 14.0 Å². The zero-order chi connectivity index (χ0) is 21.8. The van der Waals surface area contributed by atoms with Crippen LogP contribution in [-0.4, -0.2) is 29.3 Å². The van der Waals surface area contributed by atoms with Crippen molar-refractivity contribution in [3.63, 3.8) is 0 Å². The number of hydrogen-bond acceptors (Lipinski definition) is 8. The Morgan fingerprint density at radius 2 is 1.61 bits per heavy atom. The Hall–Kier alpha value is -3.85. The molecule has 1 heterocycles. The monoisotopic (exact) mass is 435 g/mol. The van der Waals surface area contributed by atoms with Crippen LogP contribution in [-0.2, 0) is 0 Å². The minimum absolute atomic E-state index is 0.0462. The third kappa shape index (κ3) is 4.22. The molecule has 0 spiro atoms. The van der Waals surface area contributed by atoms with Gasteiger partial charge in [0.1, 0.15) is 17.1 Å². The van der Waals surface area contributed by atoms with E-state index in [1.807, 2.05) is 30.3 Å². The lowest BCUT2D eigenvalue weighted by Crippen LogP contribution is -1.94. The molecule has 1 aromatic heterocycles. The molecule has 0 aliphatic rings. The molecule has 3 aromatic carbocycles. The van der Waals surface area contributed by atoms with Gasteiger partial charge in [0.25, 0.3) is 11.6 Å². The Morgan fingerprint density at radius 3 is 2.26 bits per heavy atom. The molecule has 0 atom stereocenters. The highest BCUT2D eigenvalue weighted by Gasteiger charge is 2.20. The molecule has 8 nitrogen and oxygen atoms in total. The van der Waals surface area contributed by atoms with Crippen molar-refractivity contribution in [1.82, 2.24) is 10.1 Å². The molecule has 0 radical (unpaired) electrons.